The number of aliphatic carboxylic acids is 1. The van der Waals surface area contributed by atoms with Gasteiger partial charge in [0.15, 0.2) is 0 Å². The summed E-state index contributed by atoms with van der Waals surface area (Å²) in [5.41, 5.74) is -0.368. The van der Waals surface area contributed by atoms with Crippen LogP contribution in [0.4, 0.5) is 0 Å². The van der Waals surface area contributed by atoms with E-state index in [4.69, 9.17) is 9.52 Å². The van der Waals surface area contributed by atoms with E-state index >= 15 is 0 Å². The maximum atomic E-state index is 10.7. The zero-order valence-corrected chi connectivity index (χ0v) is 10.9. The normalized spacial score (nSPS) is 12.1. The van der Waals surface area contributed by atoms with Gasteiger partial charge in [0.1, 0.15) is 0 Å². The van der Waals surface area contributed by atoms with Crippen molar-refractivity contribution < 1.29 is 14.3 Å². The molecule has 1 heterocycles. The van der Waals surface area contributed by atoms with E-state index in [-0.39, 0.29) is 11.8 Å². The first-order valence-electron chi connectivity index (χ1n) is 5.81. The molecule has 0 saturated heterocycles. The third kappa shape index (κ3) is 4.97. The van der Waals surface area contributed by atoms with Crippen molar-refractivity contribution in [3.8, 4) is 0 Å². The predicted molar refractivity (Wildman–Crippen MR) is 62.6 cm³/mol. The van der Waals surface area contributed by atoms with Gasteiger partial charge in [-0.3, -0.25) is 4.79 Å². The van der Waals surface area contributed by atoms with Crippen molar-refractivity contribution in [2.45, 2.75) is 47.0 Å². The SMILES string of the molecule is CC(C)Cc1nnc(CC(C)(C)CC(=O)O)o1. The Labute approximate surface area is 101 Å². The van der Waals surface area contributed by atoms with Gasteiger partial charge in [-0.15, -0.1) is 10.2 Å². The first-order valence-corrected chi connectivity index (χ1v) is 5.81. The summed E-state index contributed by atoms with van der Waals surface area (Å²) < 4.78 is 5.50. The molecule has 0 aliphatic carbocycles. The fourth-order valence-electron chi connectivity index (χ4n) is 1.67. The van der Waals surface area contributed by atoms with Crippen molar-refractivity contribution in [1.29, 1.82) is 0 Å². The molecule has 17 heavy (non-hydrogen) atoms. The highest BCUT2D eigenvalue weighted by Gasteiger charge is 2.25. The summed E-state index contributed by atoms with van der Waals surface area (Å²) in [6, 6.07) is 0. The van der Waals surface area contributed by atoms with Crippen LogP contribution in [0.2, 0.25) is 0 Å². The van der Waals surface area contributed by atoms with E-state index in [1.54, 1.807) is 0 Å². The monoisotopic (exact) mass is 240 g/mol. The molecule has 0 fully saturated rings. The largest absolute Gasteiger partial charge is 0.481 e. The van der Waals surface area contributed by atoms with Gasteiger partial charge in [-0.1, -0.05) is 27.7 Å². The molecular weight excluding hydrogens is 220 g/mol. The fraction of sp³-hybridized carbons (Fsp3) is 0.750. The summed E-state index contributed by atoms with van der Waals surface area (Å²) >= 11 is 0. The third-order valence-corrected chi connectivity index (χ3v) is 2.35. The Morgan fingerprint density at radius 2 is 1.94 bits per heavy atom. The summed E-state index contributed by atoms with van der Waals surface area (Å²) in [6.07, 6.45) is 1.34. The van der Waals surface area contributed by atoms with Gasteiger partial charge >= 0.3 is 5.97 Å². The molecule has 1 aromatic rings. The molecule has 1 aromatic heterocycles. The molecule has 96 valence electrons. The molecule has 0 unspecified atom stereocenters. The van der Waals surface area contributed by atoms with Gasteiger partial charge in [0, 0.05) is 12.8 Å². The molecule has 0 aromatic carbocycles. The van der Waals surface area contributed by atoms with Gasteiger partial charge in [0.05, 0.1) is 6.42 Å². The average Bonchev–Trinajstić information content (AvgIpc) is 2.46. The molecule has 0 aliphatic heterocycles. The Kier molecular flexibility index (Phi) is 4.26. The fourth-order valence-corrected chi connectivity index (χ4v) is 1.67. The van der Waals surface area contributed by atoms with Gasteiger partial charge in [0.2, 0.25) is 11.8 Å². The predicted octanol–water partition coefficient (Wildman–Crippen LogP) is 2.31. The van der Waals surface area contributed by atoms with E-state index in [2.05, 4.69) is 24.0 Å². The highest BCUT2D eigenvalue weighted by molar-refractivity contribution is 5.67. The van der Waals surface area contributed by atoms with E-state index in [1.165, 1.54) is 0 Å². The van der Waals surface area contributed by atoms with Crippen LogP contribution in [0.25, 0.3) is 0 Å². The third-order valence-electron chi connectivity index (χ3n) is 2.35. The molecular formula is C12H20N2O3. The van der Waals surface area contributed by atoms with Crippen LogP contribution in [0.15, 0.2) is 4.42 Å². The standard InChI is InChI=1S/C12H20N2O3/c1-8(2)5-9-13-14-10(17-9)6-12(3,4)7-11(15)16/h8H,5-7H2,1-4H3,(H,15,16). The van der Waals surface area contributed by atoms with Crippen LogP contribution >= 0.6 is 0 Å². The van der Waals surface area contributed by atoms with Gasteiger partial charge in [-0.25, -0.2) is 0 Å². The first kappa shape index (κ1) is 13.7. The highest BCUT2D eigenvalue weighted by atomic mass is 16.4. The van der Waals surface area contributed by atoms with Crippen molar-refractivity contribution in [2.24, 2.45) is 11.3 Å². The topological polar surface area (TPSA) is 76.2 Å². The summed E-state index contributed by atoms with van der Waals surface area (Å²) in [5.74, 6) is 0.806. The van der Waals surface area contributed by atoms with E-state index in [0.29, 0.717) is 24.1 Å². The Morgan fingerprint density at radius 1 is 1.35 bits per heavy atom. The maximum Gasteiger partial charge on any atom is 0.303 e. The van der Waals surface area contributed by atoms with Crippen molar-refractivity contribution in [3.05, 3.63) is 11.8 Å². The lowest BCUT2D eigenvalue weighted by molar-refractivity contribution is -0.139. The first-order chi connectivity index (χ1) is 7.78. The van der Waals surface area contributed by atoms with Crippen molar-refractivity contribution in [2.75, 3.05) is 0 Å². The van der Waals surface area contributed by atoms with Crippen LogP contribution in [0.1, 0.15) is 45.9 Å². The minimum Gasteiger partial charge on any atom is -0.481 e. The molecule has 0 spiro atoms. The number of carboxylic acid groups (broad SMARTS) is 1. The van der Waals surface area contributed by atoms with Crippen LogP contribution in [0.5, 0.6) is 0 Å². The number of carbonyl (C=O) groups is 1. The number of nitrogens with zero attached hydrogens (tertiary/aromatic N) is 2. The van der Waals surface area contributed by atoms with Crippen molar-refractivity contribution >= 4 is 5.97 Å². The number of hydrogen-bond donors (Lipinski definition) is 1. The van der Waals surface area contributed by atoms with Gasteiger partial charge in [0.25, 0.3) is 0 Å². The number of aromatic nitrogens is 2. The van der Waals surface area contributed by atoms with Crippen LogP contribution in [-0.4, -0.2) is 21.3 Å². The highest BCUT2D eigenvalue weighted by Crippen LogP contribution is 2.25. The zero-order chi connectivity index (χ0) is 13.1. The smallest absolute Gasteiger partial charge is 0.303 e. The lowest BCUT2D eigenvalue weighted by Gasteiger charge is -2.19. The number of rotatable bonds is 6. The molecule has 5 nitrogen and oxygen atoms in total. The molecule has 1 rings (SSSR count). The van der Waals surface area contributed by atoms with Gasteiger partial charge < -0.3 is 9.52 Å². The summed E-state index contributed by atoms with van der Waals surface area (Å²) in [5, 5.41) is 16.7. The van der Waals surface area contributed by atoms with Crippen molar-refractivity contribution in [3.63, 3.8) is 0 Å². The Bertz CT molecular complexity index is 383. The van der Waals surface area contributed by atoms with Crippen LogP contribution < -0.4 is 0 Å². The van der Waals surface area contributed by atoms with E-state index in [9.17, 15) is 4.79 Å². The minimum absolute atomic E-state index is 0.0922. The molecule has 0 saturated carbocycles. The molecule has 0 bridgehead atoms. The van der Waals surface area contributed by atoms with E-state index in [1.807, 2.05) is 13.8 Å². The second-order valence-electron chi connectivity index (χ2n) is 5.60. The molecule has 1 N–H and O–H groups in total. The average molecular weight is 240 g/mol. The summed E-state index contributed by atoms with van der Waals surface area (Å²) in [6.45, 7) is 7.93. The second-order valence-corrected chi connectivity index (χ2v) is 5.60. The maximum absolute atomic E-state index is 10.7. The van der Waals surface area contributed by atoms with E-state index < -0.39 is 5.97 Å². The van der Waals surface area contributed by atoms with Crippen molar-refractivity contribution in [1.82, 2.24) is 10.2 Å². The molecule has 0 atom stereocenters. The zero-order valence-electron chi connectivity index (χ0n) is 10.9. The molecule has 0 amide bonds. The van der Waals surface area contributed by atoms with Gasteiger partial charge in [-0.05, 0) is 11.3 Å². The lowest BCUT2D eigenvalue weighted by Crippen LogP contribution is -2.19. The summed E-state index contributed by atoms with van der Waals surface area (Å²) in [4.78, 5) is 10.7. The van der Waals surface area contributed by atoms with Crippen LogP contribution in [-0.2, 0) is 17.6 Å². The van der Waals surface area contributed by atoms with Gasteiger partial charge in [-0.2, -0.15) is 0 Å². The van der Waals surface area contributed by atoms with Crippen LogP contribution in [0, 0.1) is 11.3 Å². The molecule has 5 heteroatoms. The minimum atomic E-state index is -0.808. The van der Waals surface area contributed by atoms with E-state index in [0.717, 1.165) is 6.42 Å². The molecule has 0 aliphatic rings. The van der Waals surface area contributed by atoms with Crippen LogP contribution in [0.3, 0.4) is 0 Å². The number of hydrogen-bond acceptors (Lipinski definition) is 4. The quantitative estimate of drug-likeness (QED) is 0.825. The molecule has 0 radical (unpaired) electrons. The Balaban J connectivity index is 2.62. The number of carboxylic acids is 1. The lowest BCUT2D eigenvalue weighted by atomic mass is 9.86. The Hall–Kier alpha value is -1.39. The summed E-state index contributed by atoms with van der Waals surface area (Å²) in [7, 11) is 0. The Morgan fingerprint density at radius 3 is 2.47 bits per heavy atom. The second kappa shape index (κ2) is 5.29.